The van der Waals surface area contributed by atoms with Gasteiger partial charge >= 0.3 is 6.18 Å². The van der Waals surface area contributed by atoms with Crippen LogP contribution in [0, 0.1) is 13.8 Å². The molecule has 1 heterocycles. The lowest BCUT2D eigenvalue weighted by Crippen LogP contribution is -2.54. The molecule has 1 saturated heterocycles. The molecule has 1 aromatic rings. The highest BCUT2D eigenvalue weighted by Gasteiger charge is 2.54. The fourth-order valence-corrected chi connectivity index (χ4v) is 3.03. The van der Waals surface area contributed by atoms with Crippen molar-refractivity contribution in [2.24, 2.45) is 0 Å². The Bertz CT molecular complexity index is 555. The number of aryl methyl sites for hydroxylation is 3. The van der Waals surface area contributed by atoms with E-state index < -0.39 is 24.6 Å². The zero-order valence-corrected chi connectivity index (χ0v) is 13.4. The zero-order valence-electron chi connectivity index (χ0n) is 13.4. The van der Waals surface area contributed by atoms with E-state index in [9.17, 15) is 23.1 Å². The van der Waals surface area contributed by atoms with E-state index in [0.29, 0.717) is 6.42 Å². The molecular weight excluding hydrogens is 307 g/mol. The van der Waals surface area contributed by atoms with E-state index in [0.717, 1.165) is 16.7 Å². The number of alkyl halides is 3. The van der Waals surface area contributed by atoms with Gasteiger partial charge in [-0.05, 0) is 25.8 Å². The Morgan fingerprint density at radius 1 is 1.17 bits per heavy atom. The summed E-state index contributed by atoms with van der Waals surface area (Å²) in [5, 5.41) is 9.61. The third-order valence-electron chi connectivity index (χ3n) is 4.38. The Hall–Kier alpha value is -1.56. The lowest BCUT2D eigenvalue weighted by Gasteiger charge is -2.39. The van der Waals surface area contributed by atoms with E-state index in [-0.39, 0.29) is 25.4 Å². The molecule has 1 N–H and O–H groups in total. The number of likely N-dealkylation sites (tertiary alicyclic amines) is 1. The first-order valence-electron chi connectivity index (χ1n) is 7.75. The third-order valence-corrected chi connectivity index (χ3v) is 4.38. The maximum absolute atomic E-state index is 12.7. The average Bonchev–Trinajstić information content (AvgIpc) is 2.43. The van der Waals surface area contributed by atoms with Crippen LogP contribution >= 0.6 is 0 Å². The fraction of sp³-hybridized carbons (Fsp3) is 0.588. The first-order valence-corrected chi connectivity index (χ1v) is 7.75. The Labute approximate surface area is 134 Å². The van der Waals surface area contributed by atoms with Crippen LogP contribution in [0.5, 0.6) is 0 Å². The highest BCUT2D eigenvalue weighted by atomic mass is 19.4. The number of halogens is 3. The van der Waals surface area contributed by atoms with Gasteiger partial charge in [0.25, 0.3) is 0 Å². The summed E-state index contributed by atoms with van der Waals surface area (Å²) in [6.45, 7) is 3.87. The van der Waals surface area contributed by atoms with Gasteiger partial charge in [-0.3, -0.25) is 4.79 Å². The highest BCUT2D eigenvalue weighted by molar-refractivity contribution is 5.76. The normalized spacial score (nSPS) is 18.1. The number of piperidine rings is 1. The number of nitrogens with zero attached hydrogens (tertiary/aromatic N) is 1. The van der Waals surface area contributed by atoms with Crippen LogP contribution in [0.15, 0.2) is 18.2 Å². The average molecular weight is 329 g/mol. The Kier molecular flexibility index (Phi) is 5.04. The van der Waals surface area contributed by atoms with Gasteiger partial charge in [-0.15, -0.1) is 0 Å². The number of hydrogen-bond acceptors (Lipinski definition) is 2. The number of amides is 1. The molecule has 3 nitrogen and oxygen atoms in total. The quantitative estimate of drug-likeness (QED) is 0.925. The molecule has 0 aromatic heterocycles. The zero-order chi connectivity index (χ0) is 17.3. The maximum Gasteiger partial charge on any atom is 0.417 e. The lowest BCUT2D eigenvalue weighted by atomic mass is 9.90. The van der Waals surface area contributed by atoms with Gasteiger partial charge < -0.3 is 10.0 Å². The van der Waals surface area contributed by atoms with E-state index >= 15 is 0 Å². The van der Waals surface area contributed by atoms with Gasteiger partial charge in [0.2, 0.25) is 5.91 Å². The summed E-state index contributed by atoms with van der Waals surface area (Å²) in [6, 6.07) is 6.08. The molecule has 1 amide bonds. The molecule has 1 aliphatic rings. The molecule has 0 bridgehead atoms. The van der Waals surface area contributed by atoms with Crippen molar-refractivity contribution in [3.05, 3.63) is 34.9 Å². The molecule has 0 atom stereocenters. The van der Waals surface area contributed by atoms with E-state index in [2.05, 4.69) is 0 Å². The van der Waals surface area contributed by atoms with Crippen molar-refractivity contribution in [3.8, 4) is 0 Å². The molecule has 0 aliphatic carbocycles. The molecular formula is C17H22F3NO2. The summed E-state index contributed by atoms with van der Waals surface area (Å²) in [5.41, 5.74) is 0.651. The van der Waals surface area contributed by atoms with Crippen LogP contribution in [0.2, 0.25) is 0 Å². The van der Waals surface area contributed by atoms with Gasteiger partial charge in [-0.25, -0.2) is 0 Å². The summed E-state index contributed by atoms with van der Waals surface area (Å²) in [7, 11) is 0. The summed E-state index contributed by atoms with van der Waals surface area (Å²) in [4.78, 5) is 13.6. The standard InChI is InChI=1S/C17H22F3NO2/c1-12-9-13(2)11-14(10-12)3-4-15(22)21-7-5-16(23,6-8-21)17(18,19)20/h9-11,23H,3-8H2,1-2H3. The number of carbonyl (C=O) groups is 1. The number of hydrogen-bond donors (Lipinski definition) is 1. The van der Waals surface area contributed by atoms with Crippen LogP contribution < -0.4 is 0 Å². The first kappa shape index (κ1) is 17.8. The van der Waals surface area contributed by atoms with Crippen molar-refractivity contribution in [1.82, 2.24) is 4.90 Å². The van der Waals surface area contributed by atoms with Gasteiger partial charge in [0.05, 0.1) is 0 Å². The predicted molar refractivity (Wildman–Crippen MR) is 81.1 cm³/mol. The molecule has 1 aliphatic heterocycles. The molecule has 0 spiro atoms. The van der Waals surface area contributed by atoms with E-state index in [4.69, 9.17) is 0 Å². The van der Waals surface area contributed by atoms with Gasteiger partial charge in [0.15, 0.2) is 5.60 Å². The summed E-state index contributed by atoms with van der Waals surface area (Å²) in [5.74, 6) is -0.159. The van der Waals surface area contributed by atoms with Crippen LogP contribution in [-0.4, -0.2) is 40.8 Å². The minimum atomic E-state index is -4.64. The van der Waals surface area contributed by atoms with E-state index in [1.807, 2.05) is 32.0 Å². The lowest BCUT2D eigenvalue weighted by molar-refractivity contribution is -0.272. The largest absolute Gasteiger partial charge is 0.417 e. The van der Waals surface area contributed by atoms with Crippen LogP contribution in [0.1, 0.15) is 36.0 Å². The topological polar surface area (TPSA) is 40.5 Å². The molecule has 2 rings (SSSR count). The smallest absolute Gasteiger partial charge is 0.380 e. The van der Waals surface area contributed by atoms with Gasteiger partial charge in [0.1, 0.15) is 0 Å². The Balaban J connectivity index is 1.88. The monoisotopic (exact) mass is 329 g/mol. The number of carbonyl (C=O) groups excluding carboxylic acids is 1. The van der Waals surface area contributed by atoms with Crippen molar-refractivity contribution in [3.63, 3.8) is 0 Å². The number of aliphatic hydroxyl groups is 1. The Morgan fingerprint density at radius 3 is 2.17 bits per heavy atom. The minimum Gasteiger partial charge on any atom is -0.380 e. The van der Waals surface area contributed by atoms with Crippen LogP contribution in [0.3, 0.4) is 0 Å². The maximum atomic E-state index is 12.7. The summed E-state index contributed by atoms with van der Waals surface area (Å²) >= 11 is 0. The molecule has 0 unspecified atom stereocenters. The second-order valence-electron chi connectivity index (χ2n) is 6.41. The van der Waals surface area contributed by atoms with Crippen molar-refractivity contribution in [1.29, 1.82) is 0 Å². The van der Waals surface area contributed by atoms with Gasteiger partial charge in [-0.1, -0.05) is 29.3 Å². The van der Waals surface area contributed by atoms with E-state index in [1.54, 1.807) is 0 Å². The summed E-state index contributed by atoms with van der Waals surface area (Å²) < 4.78 is 38.2. The molecule has 128 valence electrons. The van der Waals surface area contributed by atoms with Crippen molar-refractivity contribution in [2.45, 2.75) is 51.3 Å². The molecule has 1 fully saturated rings. The SMILES string of the molecule is Cc1cc(C)cc(CCC(=O)N2CCC(O)(C(F)(F)F)CC2)c1. The molecule has 6 heteroatoms. The minimum absolute atomic E-state index is 0.0539. The molecule has 0 radical (unpaired) electrons. The van der Waals surface area contributed by atoms with Gasteiger partial charge in [-0.2, -0.15) is 13.2 Å². The molecule has 1 aromatic carbocycles. The fourth-order valence-electron chi connectivity index (χ4n) is 3.03. The molecule has 0 saturated carbocycles. The second kappa shape index (κ2) is 6.51. The second-order valence-corrected chi connectivity index (χ2v) is 6.41. The number of rotatable bonds is 3. The number of benzene rings is 1. The van der Waals surface area contributed by atoms with Crippen molar-refractivity contribution < 1.29 is 23.1 Å². The van der Waals surface area contributed by atoms with Crippen molar-refractivity contribution >= 4 is 5.91 Å². The van der Waals surface area contributed by atoms with E-state index in [1.165, 1.54) is 4.90 Å². The van der Waals surface area contributed by atoms with Crippen molar-refractivity contribution in [2.75, 3.05) is 13.1 Å². The predicted octanol–water partition coefficient (Wildman–Crippen LogP) is 3.15. The first-order chi connectivity index (χ1) is 10.6. The van der Waals surface area contributed by atoms with Crippen LogP contribution in [-0.2, 0) is 11.2 Å². The molecule has 23 heavy (non-hydrogen) atoms. The van der Waals surface area contributed by atoms with Gasteiger partial charge in [0, 0.05) is 32.4 Å². The van der Waals surface area contributed by atoms with Crippen LogP contribution in [0.4, 0.5) is 13.2 Å². The van der Waals surface area contributed by atoms with Crippen LogP contribution in [0.25, 0.3) is 0 Å². The Morgan fingerprint density at radius 2 is 1.70 bits per heavy atom. The third kappa shape index (κ3) is 4.25. The summed E-state index contributed by atoms with van der Waals surface area (Å²) in [6.07, 6.45) is -4.70. The highest BCUT2D eigenvalue weighted by Crippen LogP contribution is 2.38.